The maximum absolute atomic E-state index is 11.2. The third kappa shape index (κ3) is 2.75. The van der Waals surface area contributed by atoms with Gasteiger partial charge < -0.3 is 4.74 Å². The normalized spacial score (nSPS) is 16.5. The van der Waals surface area contributed by atoms with Crippen LogP contribution in [0.4, 0.5) is 0 Å². The highest BCUT2D eigenvalue weighted by Crippen LogP contribution is 2.20. The number of aromatic nitrogens is 5. The largest absolute Gasteiger partial charge is 0.474 e. The zero-order valence-corrected chi connectivity index (χ0v) is 10.3. The molecule has 0 atom stereocenters. The van der Waals surface area contributed by atoms with Gasteiger partial charge in [0.05, 0.1) is 0 Å². The number of hydrogen-bond acceptors (Lipinski definition) is 6. The smallest absolute Gasteiger partial charge is 0.218 e. The van der Waals surface area contributed by atoms with E-state index in [9.17, 15) is 4.79 Å². The number of ketones is 1. The molecule has 7 heteroatoms. The Morgan fingerprint density at radius 3 is 2.79 bits per heavy atom. The Morgan fingerprint density at radius 2 is 2.05 bits per heavy atom. The second-order valence-corrected chi connectivity index (χ2v) is 4.41. The van der Waals surface area contributed by atoms with Crippen LogP contribution in [0, 0.1) is 0 Å². The van der Waals surface area contributed by atoms with Crippen molar-refractivity contribution in [2.24, 2.45) is 0 Å². The summed E-state index contributed by atoms with van der Waals surface area (Å²) >= 11 is 0. The Kier molecular flexibility index (Phi) is 3.18. The summed E-state index contributed by atoms with van der Waals surface area (Å²) in [6, 6.07) is 1.71. The number of rotatable bonds is 3. The van der Waals surface area contributed by atoms with E-state index in [0.29, 0.717) is 30.3 Å². The van der Waals surface area contributed by atoms with Gasteiger partial charge >= 0.3 is 0 Å². The topological polar surface area (TPSA) is 82.8 Å². The van der Waals surface area contributed by atoms with Crippen LogP contribution in [-0.2, 0) is 4.79 Å². The molecule has 2 heterocycles. The average Bonchev–Trinajstić information content (AvgIpc) is 2.96. The van der Waals surface area contributed by atoms with E-state index in [1.807, 2.05) is 0 Å². The highest BCUT2D eigenvalue weighted by atomic mass is 16.5. The van der Waals surface area contributed by atoms with Crippen molar-refractivity contribution in [2.75, 3.05) is 0 Å². The van der Waals surface area contributed by atoms with Crippen LogP contribution in [0.3, 0.4) is 0 Å². The summed E-state index contributed by atoms with van der Waals surface area (Å²) in [5.41, 5.74) is 0. The molecule has 0 bridgehead atoms. The van der Waals surface area contributed by atoms with Crippen molar-refractivity contribution in [2.45, 2.75) is 31.8 Å². The van der Waals surface area contributed by atoms with Crippen molar-refractivity contribution in [3.63, 3.8) is 0 Å². The maximum Gasteiger partial charge on any atom is 0.218 e. The molecule has 0 N–H and O–H groups in total. The van der Waals surface area contributed by atoms with Crippen molar-refractivity contribution < 1.29 is 9.53 Å². The van der Waals surface area contributed by atoms with E-state index in [1.54, 1.807) is 17.1 Å². The second-order valence-electron chi connectivity index (χ2n) is 4.41. The zero-order valence-electron chi connectivity index (χ0n) is 10.3. The lowest BCUT2D eigenvalue weighted by atomic mass is 9.96. The summed E-state index contributed by atoms with van der Waals surface area (Å²) in [5.74, 6) is 1.42. The molecule has 0 aliphatic heterocycles. The number of carbonyl (C=O) groups is 1. The Morgan fingerprint density at radius 1 is 1.21 bits per heavy atom. The van der Waals surface area contributed by atoms with Crippen LogP contribution in [0.25, 0.3) is 5.82 Å². The van der Waals surface area contributed by atoms with Gasteiger partial charge in [0.2, 0.25) is 5.88 Å². The minimum atomic E-state index is 0.0520. The molecule has 98 valence electrons. The molecule has 0 radical (unpaired) electrons. The van der Waals surface area contributed by atoms with E-state index < -0.39 is 0 Å². The van der Waals surface area contributed by atoms with Gasteiger partial charge in [0.15, 0.2) is 5.82 Å². The number of carbonyl (C=O) groups excluding carboxylic acids is 1. The number of ether oxygens (including phenoxy) is 1. The predicted molar refractivity (Wildman–Crippen MR) is 64.8 cm³/mol. The van der Waals surface area contributed by atoms with Crippen molar-refractivity contribution >= 4 is 5.78 Å². The van der Waals surface area contributed by atoms with Gasteiger partial charge in [0.25, 0.3) is 0 Å². The van der Waals surface area contributed by atoms with Crippen molar-refractivity contribution in [1.29, 1.82) is 0 Å². The molecule has 2 aromatic heterocycles. The lowest BCUT2D eigenvalue weighted by molar-refractivity contribution is -0.121. The lowest BCUT2D eigenvalue weighted by Crippen LogP contribution is -2.24. The minimum absolute atomic E-state index is 0.0520. The van der Waals surface area contributed by atoms with Crippen molar-refractivity contribution in [3.8, 4) is 11.7 Å². The number of Topliss-reactive ketones (excluding diaryl/α,β-unsaturated/α-hetero) is 1. The van der Waals surface area contributed by atoms with Crippen LogP contribution in [0.5, 0.6) is 5.88 Å². The molecular weight excluding hydrogens is 246 g/mol. The molecule has 0 unspecified atom stereocenters. The minimum Gasteiger partial charge on any atom is -0.474 e. The Bertz CT molecular complexity index is 559. The molecule has 7 nitrogen and oxygen atoms in total. The summed E-state index contributed by atoms with van der Waals surface area (Å²) < 4.78 is 7.32. The molecule has 1 fully saturated rings. The SMILES string of the molecule is O=C1CCC(Oc2cc(-n3cncn3)ncn2)CC1. The van der Waals surface area contributed by atoms with Crippen LogP contribution in [-0.4, -0.2) is 36.6 Å². The van der Waals surface area contributed by atoms with E-state index in [1.165, 1.54) is 12.7 Å². The van der Waals surface area contributed by atoms with E-state index >= 15 is 0 Å². The Balaban J connectivity index is 1.71. The second kappa shape index (κ2) is 5.13. The highest BCUT2D eigenvalue weighted by Gasteiger charge is 2.20. The fraction of sp³-hybridized carbons (Fsp3) is 0.417. The molecule has 3 rings (SSSR count). The molecule has 1 aliphatic rings. The van der Waals surface area contributed by atoms with Gasteiger partial charge in [-0.15, -0.1) is 0 Å². The Labute approximate surface area is 109 Å². The predicted octanol–water partition coefficient (Wildman–Crippen LogP) is 0.948. The molecule has 0 saturated heterocycles. The molecular formula is C12H13N5O2. The van der Waals surface area contributed by atoms with Gasteiger partial charge in [-0.3, -0.25) is 4.79 Å². The molecule has 1 aliphatic carbocycles. The molecule has 0 aromatic carbocycles. The highest BCUT2D eigenvalue weighted by molar-refractivity contribution is 5.79. The number of hydrogen-bond donors (Lipinski definition) is 0. The van der Waals surface area contributed by atoms with Crippen LogP contribution >= 0.6 is 0 Å². The molecule has 0 spiro atoms. The standard InChI is InChI=1S/C12H13N5O2/c18-9-1-3-10(4-2-9)19-12-5-11(14-7-15-12)17-8-13-6-16-17/h5-8,10H,1-4H2. The quantitative estimate of drug-likeness (QED) is 0.816. The first-order valence-corrected chi connectivity index (χ1v) is 6.16. The first-order valence-electron chi connectivity index (χ1n) is 6.16. The van der Waals surface area contributed by atoms with E-state index in [2.05, 4.69) is 20.1 Å². The summed E-state index contributed by atoms with van der Waals surface area (Å²) in [7, 11) is 0. The first-order chi connectivity index (χ1) is 9.31. The van der Waals surface area contributed by atoms with Crippen molar-refractivity contribution in [1.82, 2.24) is 24.7 Å². The molecule has 0 amide bonds. The van der Waals surface area contributed by atoms with E-state index in [0.717, 1.165) is 12.8 Å². The number of nitrogens with zero attached hydrogens (tertiary/aromatic N) is 5. The lowest BCUT2D eigenvalue weighted by Gasteiger charge is -2.21. The zero-order chi connectivity index (χ0) is 13.1. The first kappa shape index (κ1) is 11.8. The van der Waals surface area contributed by atoms with Crippen LogP contribution in [0.15, 0.2) is 25.0 Å². The van der Waals surface area contributed by atoms with Crippen LogP contribution in [0.1, 0.15) is 25.7 Å². The molecule has 1 saturated carbocycles. The summed E-state index contributed by atoms with van der Waals surface area (Å²) in [6.45, 7) is 0. The summed E-state index contributed by atoms with van der Waals surface area (Å²) in [5, 5.41) is 4.00. The van der Waals surface area contributed by atoms with E-state index in [4.69, 9.17) is 4.74 Å². The van der Waals surface area contributed by atoms with Crippen LogP contribution in [0.2, 0.25) is 0 Å². The molecule has 2 aromatic rings. The van der Waals surface area contributed by atoms with E-state index in [-0.39, 0.29) is 6.10 Å². The van der Waals surface area contributed by atoms with Gasteiger partial charge in [0, 0.05) is 18.9 Å². The Hall–Kier alpha value is -2.31. The van der Waals surface area contributed by atoms with Gasteiger partial charge in [-0.2, -0.15) is 5.10 Å². The van der Waals surface area contributed by atoms with Crippen molar-refractivity contribution in [3.05, 3.63) is 25.0 Å². The molecule has 19 heavy (non-hydrogen) atoms. The van der Waals surface area contributed by atoms with Crippen LogP contribution < -0.4 is 4.74 Å². The monoisotopic (exact) mass is 259 g/mol. The van der Waals surface area contributed by atoms with Gasteiger partial charge in [0.1, 0.15) is 30.9 Å². The summed E-state index contributed by atoms with van der Waals surface area (Å²) in [6.07, 6.45) is 7.16. The third-order valence-corrected chi connectivity index (χ3v) is 3.06. The van der Waals surface area contributed by atoms with Gasteiger partial charge in [-0.1, -0.05) is 0 Å². The fourth-order valence-electron chi connectivity index (χ4n) is 2.05. The average molecular weight is 259 g/mol. The maximum atomic E-state index is 11.2. The fourth-order valence-corrected chi connectivity index (χ4v) is 2.05. The van der Waals surface area contributed by atoms with Gasteiger partial charge in [-0.25, -0.2) is 19.6 Å². The third-order valence-electron chi connectivity index (χ3n) is 3.06. The van der Waals surface area contributed by atoms with Gasteiger partial charge in [-0.05, 0) is 12.8 Å². The summed E-state index contributed by atoms with van der Waals surface area (Å²) in [4.78, 5) is 23.2.